The maximum absolute atomic E-state index is 12.1. The van der Waals surface area contributed by atoms with E-state index in [1.54, 1.807) is 11.0 Å². The van der Waals surface area contributed by atoms with Crippen molar-refractivity contribution in [3.05, 3.63) is 28.8 Å². The molecule has 1 atom stereocenters. The van der Waals surface area contributed by atoms with Gasteiger partial charge in [0, 0.05) is 18.1 Å². The van der Waals surface area contributed by atoms with Crippen molar-refractivity contribution in [1.29, 1.82) is 0 Å². The molecular weight excluding hydrogens is 240 g/mol. The van der Waals surface area contributed by atoms with E-state index in [1.807, 2.05) is 0 Å². The topological polar surface area (TPSA) is 66.6 Å². The zero-order valence-corrected chi connectivity index (χ0v) is 10.2. The first kappa shape index (κ1) is 12.2. The van der Waals surface area contributed by atoms with Gasteiger partial charge in [0.05, 0.1) is 5.56 Å². The van der Waals surface area contributed by atoms with Gasteiger partial charge in [-0.1, -0.05) is 11.6 Å². The van der Waals surface area contributed by atoms with Crippen LogP contribution in [0.2, 0.25) is 5.02 Å². The van der Waals surface area contributed by atoms with Crippen LogP contribution in [0.25, 0.3) is 0 Å². The Balaban J connectivity index is 2.17. The van der Waals surface area contributed by atoms with Gasteiger partial charge in [0.1, 0.15) is 5.75 Å². The molecule has 1 unspecified atom stereocenters. The van der Waals surface area contributed by atoms with Crippen molar-refractivity contribution in [2.75, 3.05) is 19.6 Å². The highest BCUT2D eigenvalue weighted by atomic mass is 35.5. The lowest BCUT2D eigenvalue weighted by Gasteiger charge is -2.17. The van der Waals surface area contributed by atoms with Gasteiger partial charge in [-0.05, 0) is 37.1 Å². The highest BCUT2D eigenvalue weighted by Crippen LogP contribution is 2.25. The minimum Gasteiger partial charge on any atom is -0.507 e. The maximum Gasteiger partial charge on any atom is 0.257 e. The summed E-state index contributed by atoms with van der Waals surface area (Å²) in [7, 11) is 0. The van der Waals surface area contributed by atoms with Crippen molar-refractivity contribution in [1.82, 2.24) is 4.90 Å². The molecule has 4 nitrogen and oxygen atoms in total. The third-order valence-electron chi connectivity index (χ3n) is 3.10. The molecule has 1 aromatic rings. The van der Waals surface area contributed by atoms with Gasteiger partial charge in [-0.15, -0.1) is 0 Å². The van der Waals surface area contributed by atoms with Crippen LogP contribution >= 0.6 is 11.6 Å². The third kappa shape index (κ3) is 2.53. The number of aromatic hydroxyl groups is 1. The molecule has 1 fully saturated rings. The molecule has 0 radical (unpaired) electrons. The Morgan fingerprint density at radius 3 is 3.00 bits per heavy atom. The van der Waals surface area contributed by atoms with Crippen LogP contribution in [-0.4, -0.2) is 35.5 Å². The lowest BCUT2D eigenvalue weighted by atomic mass is 10.1. The van der Waals surface area contributed by atoms with E-state index in [-0.39, 0.29) is 17.2 Å². The van der Waals surface area contributed by atoms with Crippen LogP contribution in [0, 0.1) is 5.92 Å². The number of phenols is 1. The highest BCUT2D eigenvalue weighted by molar-refractivity contribution is 6.31. The fraction of sp³-hybridized carbons (Fsp3) is 0.417. The Morgan fingerprint density at radius 2 is 2.35 bits per heavy atom. The normalized spacial score (nSPS) is 19.6. The van der Waals surface area contributed by atoms with E-state index in [4.69, 9.17) is 17.3 Å². The van der Waals surface area contributed by atoms with Crippen LogP contribution in [0.3, 0.4) is 0 Å². The van der Waals surface area contributed by atoms with Gasteiger partial charge in [0.25, 0.3) is 5.91 Å². The van der Waals surface area contributed by atoms with Crippen LogP contribution in [0.5, 0.6) is 5.75 Å². The highest BCUT2D eigenvalue weighted by Gasteiger charge is 2.27. The molecule has 3 N–H and O–H groups in total. The van der Waals surface area contributed by atoms with E-state index >= 15 is 0 Å². The zero-order valence-electron chi connectivity index (χ0n) is 9.40. The summed E-state index contributed by atoms with van der Waals surface area (Å²) in [5, 5.41) is 10.1. The average Bonchev–Trinajstić information content (AvgIpc) is 2.80. The smallest absolute Gasteiger partial charge is 0.257 e. The average molecular weight is 255 g/mol. The summed E-state index contributed by atoms with van der Waals surface area (Å²) in [5.41, 5.74) is 5.84. The molecule has 1 aliphatic rings. The van der Waals surface area contributed by atoms with Crippen LogP contribution in [0.15, 0.2) is 18.2 Å². The summed E-state index contributed by atoms with van der Waals surface area (Å²) < 4.78 is 0. The zero-order chi connectivity index (χ0) is 12.4. The largest absolute Gasteiger partial charge is 0.507 e. The SMILES string of the molecule is NCC1CCN(C(=O)c2cc(Cl)ccc2O)C1. The van der Waals surface area contributed by atoms with Gasteiger partial charge < -0.3 is 15.7 Å². The summed E-state index contributed by atoms with van der Waals surface area (Å²) in [5.74, 6) is 0.150. The van der Waals surface area contributed by atoms with Gasteiger partial charge in [-0.3, -0.25) is 4.79 Å². The van der Waals surface area contributed by atoms with E-state index < -0.39 is 0 Å². The number of benzene rings is 1. The Hall–Kier alpha value is -1.26. The molecular formula is C12H15ClN2O2. The molecule has 1 aromatic carbocycles. The predicted octanol–water partition coefficient (Wildman–Crippen LogP) is 1.47. The van der Waals surface area contributed by atoms with E-state index in [0.29, 0.717) is 30.6 Å². The number of rotatable bonds is 2. The summed E-state index contributed by atoms with van der Waals surface area (Å²) in [6.45, 7) is 1.93. The molecule has 0 saturated carbocycles. The predicted molar refractivity (Wildman–Crippen MR) is 66.2 cm³/mol. The van der Waals surface area contributed by atoms with Crippen molar-refractivity contribution in [3.63, 3.8) is 0 Å². The van der Waals surface area contributed by atoms with Crippen LogP contribution in [-0.2, 0) is 0 Å². The number of nitrogens with zero attached hydrogens (tertiary/aromatic N) is 1. The number of hydrogen-bond acceptors (Lipinski definition) is 3. The minimum absolute atomic E-state index is 0.0319. The molecule has 0 aromatic heterocycles. The first-order chi connectivity index (χ1) is 8.11. The fourth-order valence-electron chi connectivity index (χ4n) is 2.06. The van der Waals surface area contributed by atoms with Crippen LogP contribution in [0.4, 0.5) is 0 Å². The molecule has 1 heterocycles. The first-order valence-corrected chi connectivity index (χ1v) is 5.97. The Labute approximate surface area is 105 Å². The van der Waals surface area contributed by atoms with Crippen molar-refractivity contribution >= 4 is 17.5 Å². The molecule has 0 spiro atoms. The monoisotopic (exact) mass is 254 g/mol. The second-order valence-electron chi connectivity index (χ2n) is 4.30. The Kier molecular flexibility index (Phi) is 3.54. The summed E-state index contributed by atoms with van der Waals surface area (Å²) in [6, 6.07) is 4.49. The number of halogens is 1. The summed E-state index contributed by atoms with van der Waals surface area (Å²) >= 11 is 5.82. The maximum atomic E-state index is 12.1. The summed E-state index contributed by atoms with van der Waals surface area (Å²) in [6.07, 6.45) is 0.920. The number of likely N-dealkylation sites (tertiary alicyclic amines) is 1. The number of carbonyl (C=O) groups excluding carboxylic acids is 1. The summed E-state index contributed by atoms with van der Waals surface area (Å²) in [4.78, 5) is 13.9. The standard InChI is InChI=1S/C12H15ClN2O2/c13-9-1-2-11(16)10(5-9)12(17)15-4-3-8(6-14)7-15/h1-2,5,8,16H,3-4,6-7,14H2. The molecule has 0 aliphatic carbocycles. The second-order valence-corrected chi connectivity index (χ2v) is 4.74. The molecule has 5 heteroatoms. The third-order valence-corrected chi connectivity index (χ3v) is 3.33. The van der Waals surface area contributed by atoms with Gasteiger partial charge in [-0.25, -0.2) is 0 Å². The van der Waals surface area contributed by atoms with Crippen molar-refractivity contribution in [2.45, 2.75) is 6.42 Å². The molecule has 92 valence electrons. The molecule has 1 amide bonds. The van der Waals surface area contributed by atoms with Crippen LogP contribution < -0.4 is 5.73 Å². The molecule has 1 aliphatic heterocycles. The number of carbonyl (C=O) groups is 1. The molecule has 0 bridgehead atoms. The van der Waals surface area contributed by atoms with E-state index in [2.05, 4.69) is 0 Å². The van der Waals surface area contributed by atoms with E-state index in [1.165, 1.54) is 12.1 Å². The lowest BCUT2D eigenvalue weighted by Crippen LogP contribution is -2.29. The molecule has 17 heavy (non-hydrogen) atoms. The number of phenolic OH excluding ortho intramolecular Hbond substituents is 1. The van der Waals surface area contributed by atoms with Gasteiger partial charge >= 0.3 is 0 Å². The van der Waals surface area contributed by atoms with Gasteiger partial charge in [-0.2, -0.15) is 0 Å². The van der Waals surface area contributed by atoms with E-state index in [9.17, 15) is 9.90 Å². The van der Waals surface area contributed by atoms with Crippen molar-refractivity contribution in [2.24, 2.45) is 11.7 Å². The fourth-order valence-corrected chi connectivity index (χ4v) is 2.23. The van der Waals surface area contributed by atoms with Crippen molar-refractivity contribution < 1.29 is 9.90 Å². The number of hydrogen-bond donors (Lipinski definition) is 2. The van der Waals surface area contributed by atoms with E-state index in [0.717, 1.165) is 6.42 Å². The van der Waals surface area contributed by atoms with Gasteiger partial charge in [0.15, 0.2) is 0 Å². The first-order valence-electron chi connectivity index (χ1n) is 5.59. The molecule has 1 saturated heterocycles. The minimum atomic E-state index is -0.180. The quantitative estimate of drug-likeness (QED) is 0.840. The lowest BCUT2D eigenvalue weighted by molar-refractivity contribution is 0.0784. The van der Waals surface area contributed by atoms with Gasteiger partial charge in [0.2, 0.25) is 0 Å². The Bertz CT molecular complexity index is 437. The molecule has 2 rings (SSSR count). The Morgan fingerprint density at radius 1 is 1.59 bits per heavy atom. The van der Waals surface area contributed by atoms with Crippen molar-refractivity contribution in [3.8, 4) is 5.75 Å². The number of nitrogens with two attached hydrogens (primary N) is 1. The second kappa shape index (κ2) is 4.94. The number of amides is 1. The van der Waals surface area contributed by atoms with Crippen LogP contribution in [0.1, 0.15) is 16.8 Å².